The van der Waals surface area contributed by atoms with E-state index in [1.807, 2.05) is 18.6 Å². The summed E-state index contributed by atoms with van der Waals surface area (Å²) in [5.74, 6) is 0.981. The summed E-state index contributed by atoms with van der Waals surface area (Å²) in [5.41, 5.74) is 0. The fraction of sp³-hybridized carbons (Fsp3) is 0.125. The van der Waals surface area contributed by atoms with Gasteiger partial charge in [-0.3, -0.25) is 0 Å². The van der Waals surface area contributed by atoms with Crippen LogP contribution >= 0.6 is 0 Å². The fourth-order valence-electron chi connectivity index (χ4n) is 0.628. The average molecular weight is 121 g/mol. The first-order chi connectivity index (χ1) is 4.43. The normalized spacial score (nSPS) is 9.33. The molecule has 1 aromatic rings. The molecule has 1 heterocycles. The Balaban J connectivity index is 2.38. The highest BCUT2D eigenvalue weighted by Crippen LogP contribution is 2.02. The zero-order chi connectivity index (χ0) is 6.53. The standard InChI is InChI=1S/C8H9O/c1-2-3-5-8-6-4-7-9-8/h2-4,6-7H,1,5H2. The molecule has 1 aromatic heterocycles. The predicted molar refractivity (Wildman–Crippen MR) is 36.9 cm³/mol. The zero-order valence-electron chi connectivity index (χ0n) is 5.21. The van der Waals surface area contributed by atoms with Crippen molar-refractivity contribution in [3.05, 3.63) is 43.2 Å². The van der Waals surface area contributed by atoms with Gasteiger partial charge in [-0.1, -0.05) is 6.08 Å². The van der Waals surface area contributed by atoms with Gasteiger partial charge in [-0.2, -0.15) is 0 Å². The lowest BCUT2D eigenvalue weighted by molar-refractivity contribution is 0.520. The van der Waals surface area contributed by atoms with E-state index in [2.05, 4.69) is 6.58 Å². The highest BCUT2D eigenvalue weighted by Gasteiger charge is 1.90. The fourth-order valence-corrected chi connectivity index (χ4v) is 0.628. The van der Waals surface area contributed by atoms with E-state index in [0.717, 1.165) is 12.2 Å². The molecule has 1 rings (SSSR count). The second kappa shape index (κ2) is 3.13. The summed E-state index contributed by atoms with van der Waals surface area (Å²) in [4.78, 5) is 0. The molecule has 0 fully saturated rings. The van der Waals surface area contributed by atoms with E-state index in [4.69, 9.17) is 4.42 Å². The predicted octanol–water partition coefficient (Wildman–Crippen LogP) is 2.21. The Kier molecular flexibility index (Phi) is 2.13. The Morgan fingerprint density at radius 1 is 1.67 bits per heavy atom. The van der Waals surface area contributed by atoms with Gasteiger partial charge in [-0.15, -0.1) is 6.58 Å². The Morgan fingerprint density at radius 2 is 2.56 bits per heavy atom. The molecular formula is C8H9O. The molecular weight excluding hydrogens is 112 g/mol. The molecule has 9 heavy (non-hydrogen) atoms. The molecule has 0 unspecified atom stereocenters. The van der Waals surface area contributed by atoms with Crippen LogP contribution < -0.4 is 0 Å². The molecule has 0 spiro atoms. The van der Waals surface area contributed by atoms with Crippen LogP contribution in [0.5, 0.6) is 0 Å². The summed E-state index contributed by atoms with van der Waals surface area (Å²) >= 11 is 0. The molecule has 1 nitrogen and oxygen atoms in total. The van der Waals surface area contributed by atoms with Gasteiger partial charge >= 0.3 is 0 Å². The number of rotatable bonds is 3. The molecule has 0 aromatic carbocycles. The summed E-state index contributed by atoms with van der Waals surface area (Å²) in [6, 6.07) is 3.83. The average Bonchev–Trinajstić information content (AvgIpc) is 2.34. The van der Waals surface area contributed by atoms with Crippen LogP contribution in [0, 0.1) is 6.42 Å². The van der Waals surface area contributed by atoms with Crippen molar-refractivity contribution in [2.24, 2.45) is 0 Å². The second-order valence-corrected chi connectivity index (χ2v) is 1.75. The Morgan fingerprint density at radius 3 is 3.11 bits per heavy atom. The van der Waals surface area contributed by atoms with Crippen LogP contribution in [0.25, 0.3) is 0 Å². The van der Waals surface area contributed by atoms with E-state index < -0.39 is 0 Å². The van der Waals surface area contributed by atoms with Crippen LogP contribution in [0.4, 0.5) is 0 Å². The van der Waals surface area contributed by atoms with E-state index in [-0.39, 0.29) is 0 Å². The maximum Gasteiger partial charge on any atom is 0.104 e. The first-order valence-electron chi connectivity index (χ1n) is 2.90. The van der Waals surface area contributed by atoms with Crippen LogP contribution in [0.15, 0.2) is 35.5 Å². The van der Waals surface area contributed by atoms with E-state index >= 15 is 0 Å². The van der Waals surface area contributed by atoms with Crippen molar-refractivity contribution < 1.29 is 4.42 Å². The molecule has 0 aliphatic heterocycles. The highest BCUT2D eigenvalue weighted by molar-refractivity contribution is 5.04. The Labute approximate surface area is 55.0 Å². The second-order valence-electron chi connectivity index (χ2n) is 1.75. The first kappa shape index (κ1) is 6.14. The van der Waals surface area contributed by atoms with Crippen molar-refractivity contribution in [3.63, 3.8) is 0 Å². The third-order valence-corrected chi connectivity index (χ3v) is 1.07. The zero-order valence-corrected chi connectivity index (χ0v) is 5.21. The van der Waals surface area contributed by atoms with Gasteiger partial charge in [0.25, 0.3) is 0 Å². The van der Waals surface area contributed by atoms with Crippen LogP contribution in [-0.2, 0) is 6.42 Å². The van der Waals surface area contributed by atoms with Crippen LogP contribution in [-0.4, -0.2) is 0 Å². The van der Waals surface area contributed by atoms with Gasteiger partial charge in [-0.05, 0) is 18.6 Å². The van der Waals surface area contributed by atoms with Gasteiger partial charge < -0.3 is 4.42 Å². The number of hydrogen-bond donors (Lipinski definition) is 0. The monoisotopic (exact) mass is 121 g/mol. The Hall–Kier alpha value is -0.980. The van der Waals surface area contributed by atoms with Crippen molar-refractivity contribution in [1.29, 1.82) is 0 Å². The minimum atomic E-state index is 0.844. The minimum Gasteiger partial charge on any atom is -0.469 e. The molecule has 0 amide bonds. The minimum absolute atomic E-state index is 0.844. The van der Waals surface area contributed by atoms with Gasteiger partial charge in [-0.25, -0.2) is 0 Å². The lowest BCUT2D eigenvalue weighted by atomic mass is 10.2. The van der Waals surface area contributed by atoms with Crippen LogP contribution in [0.1, 0.15) is 5.76 Å². The molecule has 0 atom stereocenters. The van der Waals surface area contributed by atoms with Gasteiger partial charge in [0, 0.05) is 6.42 Å². The first-order valence-corrected chi connectivity index (χ1v) is 2.90. The van der Waals surface area contributed by atoms with Crippen molar-refractivity contribution in [3.8, 4) is 0 Å². The summed E-state index contributed by atoms with van der Waals surface area (Å²) in [7, 11) is 0. The summed E-state index contributed by atoms with van der Waals surface area (Å²) < 4.78 is 5.06. The maximum atomic E-state index is 5.06. The lowest BCUT2D eigenvalue weighted by Crippen LogP contribution is -1.76. The van der Waals surface area contributed by atoms with E-state index in [9.17, 15) is 0 Å². The molecule has 1 radical (unpaired) electrons. The molecule has 47 valence electrons. The van der Waals surface area contributed by atoms with E-state index in [0.29, 0.717) is 0 Å². The third kappa shape index (κ3) is 1.76. The third-order valence-electron chi connectivity index (χ3n) is 1.07. The van der Waals surface area contributed by atoms with E-state index in [1.54, 1.807) is 12.3 Å². The Bertz CT molecular complexity index is 163. The van der Waals surface area contributed by atoms with Crippen LogP contribution in [0.2, 0.25) is 0 Å². The quantitative estimate of drug-likeness (QED) is 0.597. The number of allylic oxidation sites excluding steroid dienone is 1. The van der Waals surface area contributed by atoms with E-state index in [1.165, 1.54) is 0 Å². The molecule has 0 aliphatic carbocycles. The summed E-state index contributed by atoms with van der Waals surface area (Å²) in [6.07, 6.45) is 6.24. The van der Waals surface area contributed by atoms with Gasteiger partial charge in [0.1, 0.15) is 5.76 Å². The van der Waals surface area contributed by atoms with Crippen molar-refractivity contribution >= 4 is 0 Å². The SMILES string of the molecule is C=C[CH]Cc1ccco1. The molecule has 0 bridgehead atoms. The van der Waals surface area contributed by atoms with Crippen molar-refractivity contribution in [1.82, 2.24) is 0 Å². The highest BCUT2D eigenvalue weighted by atomic mass is 16.3. The van der Waals surface area contributed by atoms with Crippen molar-refractivity contribution in [2.75, 3.05) is 0 Å². The number of hydrogen-bond acceptors (Lipinski definition) is 1. The van der Waals surface area contributed by atoms with Crippen LogP contribution in [0.3, 0.4) is 0 Å². The summed E-state index contributed by atoms with van der Waals surface area (Å²) in [5, 5.41) is 0. The molecule has 0 N–H and O–H groups in total. The lowest BCUT2D eigenvalue weighted by Gasteiger charge is -1.86. The molecule has 0 saturated heterocycles. The van der Waals surface area contributed by atoms with Gasteiger partial charge in [0.2, 0.25) is 0 Å². The smallest absolute Gasteiger partial charge is 0.104 e. The van der Waals surface area contributed by atoms with Gasteiger partial charge in [0.15, 0.2) is 0 Å². The molecule has 0 aliphatic rings. The maximum absolute atomic E-state index is 5.06. The molecule has 1 heteroatoms. The van der Waals surface area contributed by atoms with Gasteiger partial charge in [0.05, 0.1) is 6.26 Å². The van der Waals surface area contributed by atoms with Crippen molar-refractivity contribution in [2.45, 2.75) is 6.42 Å². The largest absolute Gasteiger partial charge is 0.469 e. The summed E-state index contributed by atoms with van der Waals surface area (Å²) in [6.45, 7) is 3.56. The molecule has 0 saturated carbocycles. The topological polar surface area (TPSA) is 13.1 Å². The number of furan rings is 1.